The Kier molecular flexibility index (Phi) is 4.68. The van der Waals surface area contributed by atoms with Crippen LogP contribution in [0.4, 0.5) is 0 Å². The van der Waals surface area contributed by atoms with E-state index in [1.54, 1.807) is 0 Å². The molecule has 1 rings (SSSR count). The molecule has 4 heteroatoms. The number of aromatic nitrogens is 1. The molecule has 1 aromatic rings. The Bertz CT molecular complexity index is 315. The second-order valence-electron chi connectivity index (χ2n) is 3.51. The highest BCUT2D eigenvalue weighted by atomic mass is 16.5. The number of nitrogens with two attached hydrogens (primary N) is 1. The summed E-state index contributed by atoms with van der Waals surface area (Å²) in [7, 11) is 0. The van der Waals surface area contributed by atoms with Gasteiger partial charge in [0.15, 0.2) is 0 Å². The Morgan fingerprint density at radius 1 is 1.47 bits per heavy atom. The van der Waals surface area contributed by atoms with Crippen LogP contribution in [0.15, 0.2) is 12.1 Å². The van der Waals surface area contributed by atoms with Gasteiger partial charge in [0.25, 0.3) is 0 Å². The maximum Gasteiger partial charge on any atom is 0.0711 e. The lowest BCUT2D eigenvalue weighted by Crippen LogP contribution is -2.32. The molecule has 0 saturated heterocycles. The van der Waals surface area contributed by atoms with Crippen molar-refractivity contribution in [3.05, 3.63) is 29.1 Å². The maximum absolute atomic E-state index is 5.49. The Balaban J connectivity index is 2.81. The SMILES string of the molecule is CCOCC(NN)c1ccc(C)nc1C. The standard InChI is InChI=1S/C11H19N3O/c1-4-15-7-11(14-12)10-6-5-8(2)13-9(10)3/h5-6,11,14H,4,7,12H2,1-3H3. The van der Waals surface area contributed by atoms with Gasteiger partial charge in [-0.15, -0.1) is 0 Å². The van der Waals surface area contributed by atoms with Crippen molar-refractivity contribution >= 4 is 0 Å². The molecule has 0 fully saturated rings. The van der Waals surface area contributed by atoms with Crippen molar-refractivity contribution in [2.45, 2.75) is 26.8 Å². The monoisotopic (exact) mass is 209 g/mol. The summed E-state index contributed by atoms with van der Waals surface area (Å²) in [5, 5.41) is 0. The van der Waals surface area contributed by atoms with Crippen LogP contribution in [0.25, 0.3) is 0 Å². The maximum atomic E-state index is 5.49. The molecule has 0 aliphatic carbocycles. The number of hydrazine groups is 1. The predicted octanol–water partition coefficient (Wildman–Crippen LogP) is 1.24. The molecule has 1 aromatic heterocycles. The highest BCUT2D eigenvalue weighted by Gasteiger charge is 2.12. The van der Waals surface area contributed by atoms with E-state index in [9.17, 15) is 0 Å². The summed E-state index contributed by atoms with van der Waals surface area (Å²) in [6.07, 6.45) is 0. The third kappa shape index (κ3) is 3.27. The first kappa shape index (κ1) is 12.1. The minimum Gasteiger partial charge on any atom is -0.380 e. The van der Waals surface area contributed by atoms with Crippen LogP contribution in [0.5, 0.6) is 0 Å². The van der Waals surface area contributed by atoms with Crippen LogP contribution in [-0.4, -0.2) is 18.2 Å². The Labute approximate surface area is 90.8 Å². The molecule has 0 aliphatic rings. The van der Waals surface area contributed by atoms with Crippen LogP contribution in [0.1, 0.15) is 29.9 Å². The summed E-state index contributed by atoms with van der Waals surface area (Å²) in [5.74, 6) is 5.49. The van der Waals surface area contributed by atoms with Crippen LogP contribution in [-0.2, 0) is 4.74 Å². The fourth-order valence-electron chi connectivity index (χ4n) is 1.53. The lowest BCUT2D eigenvalue weighted by molar-refractivity contribution is 0.123. The van der Waals surface area contributed by atoms with Crippen LogP contribution < -0.4 is 11.3 Å². The molecule has 3 N–H and O–H groups in total. The second kappa shape index (κ2) is 5.80. The minimum atomic E-state index is 0.0121. The molecule has 1 unspecified atom stereocenters. The average Bonchev–Trinajstić information content (AvgIpc) is 2.21. The van der Waals surface area contributed by atoms with Crippen molar-refractivity contribution in [3.8, 4) is 0 Å². The highest BCUT2D eigenvalue weighted by molar-refractivity contribution is 5.25. The molecule has 0 aromatic carbocycles. The molecular weight excluding hydrogens is 190 g/mol. The normalized spacial score (nSPS) is 12.8. The van der Waals surface area contributed by atoms with Gasteiger partial charge in [-0.1, -0.05) is 6.07 Å². The fraction of sp³-hybridized carbons (Fsp3) is 0.545. The van der Waals surface area contributed by atoms with E-state index in [-0.39, 0.29) is 6.04 Å². The summed E-state index contributed by atoms with van der Waals surface area (Å²) in [6.45, 7) is 7.19. The van der Waals surface area contributed by atoms with Crippen molar-refractivity contribution < 1.29 is 4.74 Å². The van der Waals surface area contributed by atoms with Crippen LogP contribution >= 0.6 is 0 Å². The van der Waals surface area contributed by atoms with Gasteiger partial charge in [0.2, 0.25) is 0 Å². The van der Waals surface area contributed by atoms with E-state index < -0.39 is 0 Å². The van der Waals surface area contributed by atoms with Gasteiger partial charge in [0.05, 0.1) is 12.6 Å². The van der Waals surface area contributed by atoms with E-state index in [1.807, 2.05) is 32.9 Å². The average molecular weight is 209 g/mol. The van der Waals surface area contributed by atoms with Gasteiger partial charge in [-0.05, 0) is 32.4 Å². The molecule has 84 valence electrons. The lowest BCUT2D eigenvalue weighted by Gasteiger charge is -2.17. The summed E-state index contributed by atoms with van der Waals surface area (Å²) in [4.78, 5) is 4.40. The number of hydrogen-bond donors (Lipinski definition) is 2. The summed E-state index contributed by atoms with van der Waals surface area (Å²) in [5.41, 5.74) is 5.86. The van der Waals surface area contributed by atoms with E-state index in [0.717, 1.165) is 17.0 Å². The molecule has 0 aliphatic heterocycles. The summed E-state index contributed by atoms with van der Waals surface area (Å²) in [6, 6.07) is 4.04. The molecule has 1 heterocycles. The van der Waals surface area contributed by atoms with Gasteiger partial charge in [0, 0.05) is 18.0 Å². The lowest BCUT2D eigenvalue weighted by atomic mass is 10.1. The van der Waals surface area contributed by atoms with Crippen molar-refractivity contribution in [3.63, 3.8) is 0 Å². The quantitative estimate of drug-likeness (QED) is 0.566. The molecule has 0 radical (unpaired) electrons. The van der Waals surface area contributed by atoms with E-state index in [4.69, 9.17) is 10.6 Å². The number of hydrogen-bond acceptors (Lipinski definition) is 4. The van der Waals surface area contributed by atoms with Crippen LogP contribution in [0.3, 0.4) is 0 Å². The molecule has 0 amide bonds. The summed E-state index contributed by atoms with van der Waals surface area (Å²) >= 11 is 0. The Hall–Kier alpha value is -0.970. The van der Waals surface area contributed by atoms with Crippen molar-refractivity contribution in [1.82, 2.24) is 10.4 Å². The van der Waals surface area contributed by atoms with Crippen molar-refractivity contribution in [1.29, 1.82) is 0 Å². The number of nitrogens with one attached hydrogen (secondary N) is 1. The first-order valence-corrected chi connectivity index (χ1v) is 5.17. The van der Waals surface area contributed by atoms with E-state index in [1.165, 1.54) is 0 Å². The molecular formula is C11H19N3O. The number of ether oxygens (including phenoxy) is 1. The summed E-state index contributed by atoms with van der Waals surface area (Å²) < 4.78 is 5.36. The van der Waals surface area contributed by atoms with Crippen molar-refractivity contribution in [2.24, 2.45) is 5.84 Å². The fourth-order valence-corrected chi connectivity index (χ4v) is 1.53. The largest absolute Gasteiger partial charge is 0.380 e. The number of pyridine rings is 1. The first-order valence-electron chi connectivity index (χ1n) is 5.17. The zero-order valence-electron chi connectivity index (χ0n) is 9.58. The van der Waals surface area contributed by atoms with Gasteiger partial charge in [-0.2, -0.15) is 0 Å². The number of rotatable bonds is 5. The smallest absolute Gasteiger partial charge is 0.0711 e. The third-order valence-electron chi connectivity index (χ3n) is 2.33. The van der Waals surface area contributed by atoms with E-state index >= 15 is 0 Å². The topological polar surface area (TPSA) is 60.2 Å². The Morgan fingerprint density at radius 3 is 2.73 bits per heavy atom. The number of nitrogens with zero attached hydrogens (tertiary/aromatic N) is 1. The minimum absolute atomic E-state index is 0.0121. The highest BCUT2D eigenvalue weighted by Crippen LogP contribution is 2.16. The first-order chi connectivity index (χ1) is 7.19. The molecule has 0 saturated carbocycles. The molecule has 4 nitrogen and oxygen atoms in total. The van der Waals surface area contributed by atoms with Gasteiger partial charge < -0.3 is 4.74 Å². The van der Waals surface area contributed by atoms with Crippen molar-refractivity contribution in [2.75, 3.05) is 13.2 Å². The van der Waals surface area contributed by atoms with Gasteiger partial charge >= 0.3 is 0 Å². The molecule has 1 atom stereocenters. The van der Waals surface area contributed by atoms with Gasteiger partial charge in [-0.25, -0.2) is 0 Å². The van der Waals surface area contributed by atoms with Crippen LogP contribution in [0, 0.1) is 13.8 Å². The molecule has 0 bridgehead atoms. The van der Waals surface area contributed by atoms with E-state index in [0.29, 0.717) is 13.2 Å². The zero-order chi connectivity index (χ0) is 11.3. The van der Waals surface area contributed by atoms with E-state index in [2.05, 4.69) is 10.4 Å². The van der Waals surface area contributed by atoms with Gasteiger partial charge in [0.1, 0.15) is 0 Å². The predicted molar refractivity (Wildman–Crippen MR) is 60.3 cm³/mol. The third-order valence-corrected chi connectivity index (χ3v) is 2.33. The Morgan fingerprint density at radius 2 is 2.20 bits per heavy atom. The molecule has 0 spiro atoms. The zero-order valence-corrected chi connectivity index (χ0v) is 9.58. The van der Waals surface area contributed by atoms with Gasteiger partial charge in [-0.3, -0.25) is 16.3 Å². The molecule has 15 heavy (non-hydrogen) atoms. The number of aryl methyl sites for hydroxylation is 2. The van der Waals surface area contributed by atoms with Crippen LogP contribution in [0.2, 0.25) is 0 Å². The second-order valence-corrected chi connectivity index (χ2v) is 3.51.